The fourth-order valence-electron chi connectivity index (χ4n) is 4.55. The van der Waals surface area contributed by atoms with E-state index in [2.05, 4.69) is 0 Å². The molecule has 2 amide bonds. The molecule has 0 unspecified atom stereocenters. The molecular weight excluding hydrogens is 421 g/mol. The highest BCUT2D eigenvalue weighted by Gasteiger charge is 2.70. The van der Waals surface area contributed by atoms with Crippen LogP contribution in [0.2, 0.25) is 0 Å². The zero-order valence-electron chi connectivity index (χ0n) is 17.6. The van der Waals surface area contributed by atoms with E-state index >= 15 is 0 Å². The van der Waals surface area contributed by atoms with Gasteiger partial charge in [0.1, 0.15) is 17.6 Å². The molecule has 1 fully saturated rings. The Hall–Kier alpha value is -3.59. The van der Waals surface area contributed by atoms with E-state index in [0.29, 0.717) is 0 Å². The van der Waals surface area contributed by atoms with E-state index in [0.717, 1.165) is 31.3 Å². The number of imide groups is 1. The van der Waals surface area contributed by atoms with Crippen LogP contribution >= 0.6 is 0 Å². The van der Waals surface area contributed by atoms with E-state index in [1.165, 1.54) is 31.2 Å². The Bertz CT molecular complexity index is 1080. The lowest BCUT2D eigenvalue weighted by Crippen LogP contribution is -2.52. The summed E-state index contributed by atoms with van der Waals surface area (Å²) < 4.78 is 29.6. The molecule has 0 bridgehead atoms. The number of hydrogen-bond donors (Lipinski definition) is 0. The summed E-state index contributed by atoms with van der Waals surface area (Å²) >= 11 is 0. The lowest BCUT2D eigenvalue weighted by atomic mass is 9.68. The van der Waals surface area contributed by atoms with Crippen LogP contribution in [0.15, 0.2) is 48.5 Å². The molecule has 2 heterocycles. The first-order chi connectivity index (χ1) is 15.2. The van der Waals surface area contributed by atoms with Gasteiger partial charge in [-0.05, 0) is 36.8 Å². The van der Waals surface area contributed by atoms with Gasteiger partial charge in [-0.1, -0.05) is 24.3 Å². The molecule has 0 spiro atoms. The average molecular weight is 441 g/mol. The van der Waals surface area contributed by atoms with Gasteiger partial charge in [0.25, 0.3) is 11.8 Å². The maximum absolute atomic E-state index is 13.6. The summed E-state index contributed by atoms with van der Waals surface area (Å²) in [6, 6.07) is 11.3. The van der Waals surface area contributed by atoms with E-state index in [1.54, 1.807) is 12.1 Å². The highest BCUT2D eigenvalue weighted by Crippen LogP contribution is 2.55. The number of esters is 2. The molecule has 166 valence electrons. The molecule has 2 aromatic carbocycles. The van der Waals surface area contributed by atoms with Crippen LogP contribution in [-0.4, -0.2) is 49.1 Å². The fraction of sp³-hybridized carbons (Fsp3) is 0.304. The number of halogens is 1. The topological polar surface area (TPSA) is 99.2 Å². The molecule has 2 aliphatic heterocycles. The molecule has 0 radical (unpaired) electrons. The molecule has 2 aromatic rings. The summed E-state index contributed by atoms with van der Waals surface area (Å²) in [5, 5.41) is 0. The highest BCUT2D eigenvalue weighted by atomic mass is 19.1. The van der Waals surface area contributed by atoms with Gasteiger partial charge in [-0.15, -0.1) is 0 Å². The fourth-order valence-corrected chi connectivity index (χ4v) is 4.55. The summed E-state index contributed by atoms with van der Waals surface area (Å²) in [6.07, 6.45) is -1.68. The molecule has 2 aliphatic rings. The van der Waals surface area contributed by atoms with Crippen LogP contribution in [0, 0.1) is 11.2 Å². The van der Waals surface area contributed by atoms with Gasteiger partial charge in [-0.25, -0.2) is 9.29 Å². The molecule has 32 heavy (non-hydrogen) atoms. The second-order valence-electron chi connectivity index (χ2n) is 7.73. The monoisotopic (exact) mass is 441 g/mol. The Kier molecular flexibility index (Phi) is 5.09. The van der Waals surface area contributed by atoms with Crippen LogP contribution in [0.3, 0.4) is 0 Å². The third-order valence-electron chi connectivity index (χ3n) is 6.24. The lowest BCUT2D eigenvalue weighted by molar-refractivity contribution is -0.185. The maximum atomic E-state index is 13.6. The number of carbonyl (C=O) groups is 4. The second-order valence-corrected chi connectivity index (χ2v) is 7.73. The standard InChI is InChI=1S/C23H20FNO7/c1-22(13-8-10-14(24)11-9-13)23(20(28)30-2,21(29)31-3)12-17(32-22)25-18(26)15-6-4-5-7-16(15)19(25)27/h4-11,17H,12H2,1-3H3/t17-,22-/m1/s1. The van der Waals surface area contributed by atoms with Crippen LogP contribution in [0.4, 0.5) is 4.39 Å². The maximum Gasteiger partial charge on any atom is 0.326 e. The van der Waals surface area contributed by atoms with E-state index in [-0.39, 0.29) is 16.7 Å². The highest BCUT2D eigenvalue weighted by molar-refractivity contribution is 6.21. The van der Waals surface area contributed by atoms with E-state index in [1.807, 2.05) is 0 Å². The van der Waals surface area contributed by atoms with Gasteiger partial charge in [0, 0.05) is 6.42 Å². The normalized spacial score (nSPS) is 23.8. The Morgan fingerprint density at radius 3 is 1.94 bits per heavy atom. The molecule has 8 nitrogen and oxygen atoms in total. The average Bonchev–Trinajstić information content (AvgIpc) is 3.25. The number of benzene rings is 2. The van der Waals surface area contributed by atoms with Crippen molar-refractivity contribution in [3.63, 3.8) is 0 Å². The number of ether oxygens (including phenoxy) is 3. The number of methoxy groups -OCH3 is 2. The predicted molar refractivity (Wildman–Crippen MR) is 107 cm³/mol. The molecule has 0 N–H and O–H groups in total. The van der Waals surface area contributed by atoms with Crippen molar-refractivity contribution in [2.75, 3.05) is 14.2 Å². The van der Waals surface area contributed by atoms with Gasteiger partial charge in [0.05, 0.1) is 25.3 Å². The van der Waals surface area contributed by atoms with Gasteiger partial charge in [-0.2, -0.15) is 0 Å². The van der Waals surface area contributed by atoms with Crippen molar-refractivity contribution in [2.45, 2.75) is 25.2 Å². The van der Waals surface area contributed by atoms with E-state index in [9.17, 15) is 23.6 Å². The predicted octanol–water partition coefficient (Wildman–Crippen LogP) is 2.42. The Morgan fingerprint density at radius 2 is 1.47 bits per heavy atom. The molecule has 0 saturated carbocycles. The summed E-state index contributed by atoms with van der Waals surface area (Å²) in [4.78, 5) is 53.1. The van der Waals surface area contributed by atoms with E-state index in [4.69, 9.17) is 14.2 Å². The van der Waals surface area contributed by atoms with Crippen LogP contribution in [0.5, 0.6) is 0 Å². The van der Waals surface area contributed by atoms with Crippen LogP contribution in [-0.2, 0) is 29.4 Å². The van der Waals surface area contributed by atoms with Gasteiger partial charge < -0.3 is 14.2 Å². The Labute approximate surface area is 182 Å². The Morgan fingerprint density at radius 1 is 0.969 bits per heavy atom. The minimum atomic E-state index is -2.06. The number of rotatable bonds is 4. The first-order valence-electron chi connectivity index (χ1n) is 9.79. The molecule has 2 atom stereocenters. The molecular formula is C23H20FNO7. The largest absolute Gasteiger partial charge is 0.468 e. The number of amides is 2. The van der Waals surface area contributed by atoms with Gasteiger partial charge in [0.15, 0.2) is 0 Å². The SMILES string of the molecule is COC(=O)C1(C(=O)OC)C[C@H](N2C(=O)c3ccccc3C2=O)O[C@]1(C)c1ccc(F)cc1. The molecule has 0 aliphatic carbocycles. The zero-order chi connectivity index (χ0) is 23.3. The molecule has 9 heteroatoms. The van der Waals surface area contributed by atoms with E-state index < -0.39 is 53.2 Å². The summed E-state index contributed by atoms with van der Waals surface area (Å²) in [7, 11) is 2.21. The van der Waals surface area contributed by atoms with Crippen molar-refractivity contribution in [3.8, 4) is 0 Å². The van der Waals surface area contributed by atoms with Gasteiger partial charge in [0.2, 0.25) is 5.41 Å². The van der Waals surface area contributed by atoms with Crippen molar-refractivity contribution in [1.29, 1.82) is 0 Å². The Balaban J connectivity index is 1.87. The van der Waals surface area contributed by atoms with Crippen LogP contribution in [0.1, 0.15) is 39.6 Å². The number of nitrogens with zero attached hydrogens (tertiary/aromatic N) is 1. The summed E-state index contributed by atoms with van der Waals surface area (Å²) in [6.45, 7) is 1.45. The molecule has 1 saturated heterocycles. The summed E-state index contributed by atoms with van der Waals surface area (Å²) in [5.74, 6) is -3.68. The smallest absolute Gasteiger partial charge is 0.326 e. The number of carbonyl (C=O) groups excluding carboxylic acids is 4. The quantitative estimate of drug-likeness (QED) is 0.408. The van der Waals surface area contributed by atoms with Gasteiger partial charge >= 0.3 is 11.9 Å². The third kappa shape index (κ3) is 2.77. The van der Waals surface area contributed by atoms with Gasteiger partial charge in [-0.3, -0.25) is 19.2 Å². The third-order valence-corrected chi connectivity index (χ3v) is 6.24. The number of fused-ring (bicyclic) bond motifs is 1. The van der Waals surface area contributed by atoms with Crippen molar-refractivity contribution in [3.05, 3.63) is 71.0 Å². The van der Waals surface area contributed by atoms with Crippen molar-refractivity contribution in [1.82, 2.24) is 4.90 Å². The molecule has 0 aromatic heterocycles. The summed E-state index contributed by atoms with van der Waals surface area (Å²) in [5.41, 5.74) is -3.14. The molecule has 4 rings (SSSR count). The van der Waals surface area contributed by atoms with Crippen LogP contribution in [0.25, 0.3) is 0 Å². The first kappa shape index (κ1) is 21.6. The first-order valence-corrected chi connectivity index (χ1v) is 9.79. The zero-order valence-corrected chi connectivity index (χ0v) is 17.6. The van der Waals surface area contributed by atoms with Crippen LogP contribution < -0.4 is 0 Å². The second kappa shape index (κ2) is 7.52. The van der Waals surface area contributed by atoms with Crippen molar-refractivity contribution in [2.24, 2.45) is 5.41 Å². The minimum absolute atomic E-state index is 0.193. The lowest BCUT2D eigenvalue weighted by Gasteiger charge is -2.37. The minimum Gasteiger partial charge on any atom is -0.468 e. The van der Waals surface area contributed by atoms with Crippen molar-refractivity contribution < 1.29 is 37.8 Å². The number of hydrogen-bond acceptors (Lipinski definition) is 7. The van der Waals surface area contributed by atoms with Crippen molar-refractivity contribution >= 4 is 23.8 Å².